The molecule has 1 aromatic carbocycles. The molecule has 0 saturated carbocycles. The van der Waals surface area contributed by atoms with E-state index in [1.54, 1.807) is 12.1 Å². The van der Waals surface area contributed by atoms with Gasteiger partial charge in [0.25, 0.3) is 0 Å². The van der Waals surface area contributed by atoms with Gasteiger partial charge in [0, 0.05) is 8.95 Å². The van der Waals surface area contributed by atoms with E-state index in [1.807, 2.05) is 13.0 Å². The molecule has 1 rings (SSSR count). The number of aliphatic hydroxyl groups excluding tert-OH is 1. The standard InChI is InChI=1S/C12H14Br2O3/c1-2-3-17-12(16)7-11(15)8-4-9(13)6-10(14)5-8/h4-6,11,15H,2-3,7H2,1H3. The molecular weight excluding hydrogens is 352 g/mol. The van der Waals surface area contributed by atoms with Crippen LogP contribution >= 0.6 is 31.9 Å². The van der Waals surface area contributed by atoms with E-state index < -0.39 is 6.10 Å². The molecule has 0 bridgehead atoms. The summed E-state index contributed by atoms with van der Waals surface area (Å²) in [7, 11) is 0. The number of aliphatic hydroxyl groups is 1. The Labute approximate surface area is 117 Å². The summed E-state index contributed by atoms with van der Waals surface area (Å²) in [5.74, 6) is -0.379. The maximum absolute atomic E-state index is 11.3. The highest BCUT2D eigenvalue weighted by atomic mass is 79.9. The number of carbonyl (C=O) groups excluding carboxylic acids is 1. The quantitative estimate of drug-likeness (QED) is 0.811. The van der Waals surface area contributed by atoms with Crippen molar-refractivity contribution in [2.24, 2.45) is 0 Å². The predicted molar refractivity (Wildman–Crippen MR) is 72.7 cm³/mol. The van der Waals surface area contributed by atoms with E-state index in [0.29, 0.717) is 12.2 Å². The first-order valence-corrected chi connectivity index (χ1v) is 6.91. The zero-order valence-corrected chi connectivity index (χ0v) is 12.6. The van der Waals surface area contributed by atoms with E-state index in [9.17, 15) is 9.90 Å². The molecule has 0 spiro atoms. The first-order chi connectivity index (χ1) is 8.02. The van der Waals surface area contributed by atoms with Gasteiger partial charge in [-0.1, -0.05) is 38.8 Å². The Morgan fingerprint density at radius 2 is 1.94 bits per heavy atom. The third kappa shape index (κ3) is 5.19. The minimum atomic E-state index is -0.840. The molecule has 0 amide bonds. The Kier molecular flexibility index (Phi) is 6.16. The summed E-state index contributed by atoms with van der Waals surface area (Å²) < 4.78 is 6.62. The lowest BCUT2D eigenvalue weighted by Gasteiger charge is -2.11. The van der Waals surface area contributed by atoms with Gasteiger partial charge in [-0.2, -0.15) is 0 Å². The van der Waals surface area contributed by atoms with E-state index in [4.69, 9.17) is 4.74 Å². The topological polar surface area (TPSA) is 46.5 Å². The molecular formula is C12H14Br2O3. The first kappa shape index (κ1) is 14.7. The molecule has 3 nitrogen and oxygen atoms in total. The summed E-state index contributed by atoms with van der Waals surface area (Å²) in [6.45, 7) is 2.32. The molecule has 0 aliphatic rings. The summed E-state index contributed by atoms with van der Waals surface area (Å²) in [5, 5.41) is 9.90. The third-order valence-electron chi connectivity index (χ3n) is 2.10. The van der Waals surface area contributed by atoms with Crippen LogP contribution in [-0.4, -0.2) is 17.7 Å². The predicted octanol–water partition coefficient (Wildman–Crippen LogP) is 3.59. The third-order valence-corrected chi connectivity index (χ3v) is 3.01. The van der Waals surface area contributed by atoms with Crippen LogP contribution in [0.3, 0.4) is 0 Å². The number of halogens is 2. The lowest BCUT2D eigenvalue weighted by molar-refractivity contribution is -0.146. The maximum atomic E-state index is 11.3. The fourth-order valence-corrected chi connectivity index (χ4v) is 2.65. The van der Waals surface area contributed by atoms with Crippen LogP contribution in [0.5, 0.6) is 0 Å². The minimum Gasteiger partial charge on any atom is -0.466 e. The fourth-order valence-electron chi connectivity index (χ4n) is 1.32. The van der Waals surface area contributed by atoms with Crippen LogP contribution < -0.4 is 0 Å². The van der Waals surface area contributed by atoms with Gasteiger partial charge in [-0.15, -0.1) is 0 Å². The Hall–Kier alpha value is -0.390. The van der Waals surface area contributed by atoms with E-state index in [1.165, 1.54) is 0 Å². The lowest BCUT2D eigenvalue weighted by Crippen LogP contribution is -2.10. The van der Waals surface area contributed by atoms with Gasteiger partial charge in [0.15, 0.2) is 0 Å². The lowest BCUT2D eigenvalue weighted by atomic mass is 10.1. The summed E-state index contributed by atoms with van der Waals surface area (Å²) in [4.78, 5) is 11.3. The fraction of sp³-hybridized carbons (Fsp3) is 0.417. The van der Waals surface area contributed by atoms with Gasteiger partial charge in [0.2, 0.25) is 0 Å². The van der Waals surface area contributed by atoms with Gasteiger partial charge in [-0.05, 0) is 30.2 Å². The van der Waals surface area contributed by atoms with Crippen molar-refractivity contribution < 1.29 is 14.6 Å². The van der Waals surface area contributed by atoms with E-state index >= 15 is 0 Å². The van der Waals surface area contributed by atoms with Crippen molar-refractivity contribution in [3.05, 3.63) is 32.7 Å². The van der Waals surface area contributed by atoms with E-state index in [-0.39, 0.29) is 12.4 Å². The number of hydrogen-bond donors (Lipinski definition) is 1. The second kappa shape index (κ2) is 7.13. The molecule has 1 unspecified atom stereocenters. The highest BCUT2D eigenvalue weighted by Gasteiger charge is 2.14. The number of hydrogen-bond acceptors (Lipinski definition) is 3. The number of rotatable bonds is 5. The van der Waals surface area contributed by atoms with E-state index in [0.717, 1.165) is 15.4 Å². The summed E-state index contributed by atoms with van der Waals surface area (Å²) >= 11 is 6.66. The van der Waals surface area contributed by atoms with Gasteiger partial charge < -0.3 is 9.84 Å². The zero-order valence-electron chi connectivity index (χ0n) is 9.45. The Morgan fingerprint density at radius 1 is 1.35 bits per heavy atom. The SMILES string of the molecule is CCCOC(=O)CC(O)c1cc(Br)cc(Br)c1. The van der Waals surface area contributed by atoms with Crippen molar-refractivity contribution in [3.8, 4) is 0 Å². The summed E-state index contributed by atoms with van der Waals surface area (Å²) in [6, 6.07) is 5.43. The number of esters is 1. The van der Waals surface area contributed by atoms with Gasteiger partial charge in [0.1, 0.15) is 0 Å². The second-order valence-corrected chi connectivity index (χ2v) is 5.47. The van der Waals surface area contributed by atoms with Gasteiger partial charge in [0.05, 0.1) is 19.1 Å². The first-order valence-electron chi connectivity index (χ1n) is 5.32. The van der Waals surface area contributed by atoms with Crippen molar-refractivity contribution in [1.82, 2.24) is 0 Å². The van der Waals surface area contributed by atoms with Gasteiger partial charge in [-0.25, -0.2) is 0 Å². The smallest absolute Gasteiger partial charge is 0.308 e. The van der Waals surface area contributed by atoms with Crippen LogP contribution in [-0.2, 0) is 9.53 Å². The van der Waals surface area contributed by atoms with Crippen LogP contribution in [0.1, 0.15) is 31.4 Å². The van der Waals surface area contributed by atoms with E-state index in [2.05, 4.69) is 31.9 Å². The number of ether oxygens (including phenoxy) is 1. The molecule has 0 saturated heterocycles. The van der Waals surface area contributed by atoms with Crippen LogP contribution in [0.2, 0.25) is 0 Å². The number of benzene rings is 1. The summed E-state index contributed by atoms with van der Waals surface area (Å²) in [5.41, 5.74) is 0.680. The van der Waals surface area contributed by atoms with Crippen molar-refractivity contribution >= 4 is 37.8 Å². The highest BCUT2D eigenvalue weighted by Crippen LogP contribution is 2.25. The highest BCUT2D eigenvalue weighted by molar-refractivity contribution is 9.11. The normalized spacial score (nSPS) is 12.2. The molecule has 0 aliphatic carbocycles. The van der Waals surface area contributed by atoms with Crippen LogP contribution in [0.25, 0.3) is 0 Å². The maximum Gasteiger partial charge on any atom is 0.308 e. The van der Waals surface area contributed by atoms with Crippen molar-refractivity contribution in [2.75, 3.05) is 6.61 Å². The second-order valence-electron chi connectivity index (χ2n) is 3.64. The molecule has 0 aromatic heterocycles. The van der Waals surface area contributed by atoms with Crippen LogP contribution in [0.4, 0.5) is 0 Å². The number of carbonyl (C=O) groups is 1. The molecule has 0 heterocycles. The van der Waals surface area contributed by atoms with Crippen molar-refractivity contribution in [1.29, 1.82) is 0 Å². The average Bonchev–Trinajstić information content (AvgIpc) is 2.25. The van der Waals surface area contributed by atoms with Gasteiger partial charge in [-0.3, -0.25) is 4.79 Å². The Morgan fingerprint density at radius 3 is 2.47 bits per heavy atom. The minimum absolute atomic E-state index is 0.0249. The molecule has 0 aliphatic heterocycles. The molecule has 1 N–H and O–H groups in total. The molecule has 0 fully saturated rings. The molecule has 17 heavy (non-hydrogen) atoms. The Balaban J connectivity index is 2.63. The molecule has 1 atom stereocenters. The average molecular weight is 366 g/mol. The van der Waals surface area contributed by atoms with Crippen LogP contribution in [0, 0.1) is 0 Å². The van der Waals surface area contributed by atoms with Gasteiger partial charge >= 0.3 is 5.97 Å². The molecule has 5 heteroatoms. The van der Waals surface area contributed by atoms with Crippen molar-refractivity contribution in [2.45, 2.75) is 25.9 Å². The monoisotopic (exact) mass is 364 g/mol. The molecule has 0 radical (unpaired) electrons. The zero-order chi connectivity index (χ0) is 12.8. The molecule has 1 aromatic rings. The molecule has 94 valence electrons. The van der Waals surface area contributed by atoms with Crippen molar-refractivity contribution in [3.63, 3.8) is 0 Å². The van der Waals surface area contributed by atoms with Crippen LogP contribution in [0.15, 0.2) is 27.1 Å². The Bertz CT molecular complexity index is 373. The summed E-state index contributed by atoms with van der Waals surface area (Å²) in [6.07, 6.45) is -0.0826. The largest absolute Gasteiger partial charge is 0.466 e.